The molecule has 2 heterocycles. The van der Waals surface area contributed by atoms with Crippen molar-refractivity contribution in [1.82, 2.24) is 20.1 Å². The Morgan fingerprint density at radius 3 is 2.65 bits per heavy atom. The number of nitrogens with one attached hydrogen (secondary N) is 1. The SMILES string of the molecule is CCn1nc(C(=O)NCC2(O)CCC(CS(=O)O)CC2)c(Cl)c1-c1cnc(Cl)cc1C. The summed E-state index contributed by atoms with van der Waals surface area (Å²) in [6.07, 6.45) is 3.78. The van der Waals surface area contributed by atoms with Crippen molar-refractivity contribution in [3.8, 4) is 11.3 Å². The summed E-state index contributed by atoms with van der Waals surface area (Å²) in [4.78, 5) is 16.9. The van der Waals surface area contributed by atoms with Crippen molar-refractivity contribution in [1.29, 1.82) is 0 Å². The molecule has 1 unspecified atom stereocenters. The zero-order chi connectivity index (χ0) is 22.8. The number of halogens is 2. The maximum absolute atomic E-state index is 12.8. The Labute approximate surface area is 193 Å². The Morgan fingerprint density at radius 2 is 2.06 bits per heavy atom. The van der Waals surface area contributed by atoms with Crippen molar-refractivity contribution < 1.29 is 18.7 Å². The lowest BCUT2D eigenvalue weighted by Gasteiger charge is -2.35. The molecule has 0 aliphatic heterocycles. The highest BCUT2D eigenvalue weighted by molar-refractivity contribution is 7.79. The van der Waals surface area contributed by atoms with Gasteiger partial charge >= 0.3 is 0 Å². The van der Waals surface area contributed by atoms with Crippen molar-refractivity contribution in [3.63, 3.8) is 0 Å². The number of hydrogen-bond acceptors (Lipinski definition) is 5. The molecular formula is C20H26Cl2N4O4S. The summed E-state index contributed by atoms with van der Waals surface area (Å²) in [6, 6.07) is 1.72. The largest absolute Gasteiger partial charge is 0.388 e. The minimum Gasteiger partial charge on any atom is -0.388 e. The van der Waals surface area contributed by atoms with E-state index in [2.05, 4.69) is 15.4 Å². The molecule has 1 aliphatic carbocycles. The van der Waals surface area contributed by atoms with Crippen LogP contribution >= 0.6 is 23.2 Å². The van der Waals surface area contributed by atoms with Gasteiger partial charge in [-0.05, 0) is 57.1 Å². The van der Waals surface area contributed by atoms with Crippen LogP contribution in [0.1, 0.15) is 48.7 Å². The second-order valence-corrected chi connectivity index (χ2v) is 9.73. The number of amides is 1. The summed E-state index contributed by atoms with van der Waals surface area (Å²) >= 11 is 10.7. The van der Waals surface area contributed by atoms with Crippen LogP contribution in [0.3, 0.4) is 0 Å². The van der Waals surface area contributed by atoms with Crippen LogP contribution in [0.15, 0.2) is 12.3 Å². The fourth-order valence-electron chi connectivity index (χ4n) is 3.93. The van der Waals surface area contributed by atoms with Crippen molar-refractivity contribution in [2.45, 2.75) is 51.7 Å². The normalized spacial score (nSPS) is 22.3. The molecule has 31 heavy (non-hydrogen) atoms. The number of hydrogen-bond donors (Lipinski definition) is 3. The van der Waals surface area contributed by atoms with Crippen LogP contribution in [0.4, 0.5) is 0 Å². The highest BCUT2D eigenvalue weighted by Gasteiger charge is 2.34. The molecule has 1 fully saturated rings. The lowest BCUT2D eigenvalue weighted by Crippen LogP contribution is -2.46. The molecule has 0 bridgehead atoms. The molecule has 0 saturated heterocycles. The predicted octanol–water partition coefficient (Wildman–Crippen LogP) is 3.45. The molecular weight excluding hydrogens is 463 g/mol. The summed E-state index contributed by atoms with van der Waals surface area (Å²) in [7, 11) is 0. The fraction of sp³-hybridized carbons (Fsp3) is 0.550. The fourth-order valence-corrected chi connectivity index (χ4v) is 5.20. The van der Waals surface area contributed by atoms with Gasteiger partial charge in [-0.25, -0.2) is 9.19 Å². The molecule has 11 heteroatoms. The second kappa shape index (κ2) is 9.95. The third-order valence-electron chi connectivity index (χ3n) is 5.73. The van der Waals surface area contributed by atoms with Gasteiger partial charge in [0, 0.05) is 24.8 Å². The summed E-state index contributed by atoms with van der Waals surface area (Å²) in [5, 5.41) is 18.5. The van der Waals surface area contributed by atoms with Gasteiger partial charge in [0.1, 0.15) is 5.15 Å². The van der Waals surface area contributed by atoms with Crippen molar-refractivity contribution in [2.75, 3.05) is 12.3 Å². The van der Waals surface area contributed by atoms with Gasteiger partial charge in [-0.2, -0.15) is 5.10 Å². The van der Waals surface area contributed by atoms with E-state index in [-0.39, 0.29) is 28.9 Å². The Morgan fingerprint density at radius 1 is 1.39 bits per heavy atom. The topological polar surface area (TPSA) is 117 Å². The molecule has 3 N–H and O–H groups in total. The number of carbonyl (C=O) groups excluding carboxylic acids is 1. The summed E-state index contributed by atoms with van der Waals surface area (Å²) < 4.78 is 21.7. The van der Waals surface area contributed by atoms with E-state index in [1.807, 2.05) is 13.8 Å². The number of nitrogens with zero attached hydrogens (tertiary/aromatic N) is 3. The summed E-state index contributed by atoms with van der Waals surface area (Å²) in [6.45, 7) is 4.34. The van der Waals surface area contributed by atoms with Crippen LogP contribution in [0.2, 0.25) is 10.2 Å². The van der Waals surface area contributed by atoms with Gasteiger partial charge in [-0.3, -0.25) is 9.48 Å². The second-order valence-electron chi connectivity index (χ2n) is 7.99. The van der Waals surface area contributed by atoms with Gasteiger partial charge in [-0.1, -0.05) is 23.2 Å². The van der Waals surface area contributed by atoms with Gasteiger partial charge in [0.2, 0.25) is 0 Å². The van der Waals surface area contributed by atoms with E-state index in [4.69, 9.17) is 27.8 Å². The van der Waals surface area contributed by atoms with Crippen LogP contribution in [0.5, 0.6) is 0 Å². The van der Waals surface area contributed by atoms with Crippen LogP contribution in [-0.2, 0) is 17.6 Å². The van der Waals surface area contributed by atoms with Crippen LogP contribution in [0, 0.1) is 12.8 Å². The summed E-state index contributed by atoms with van der Waals surface area (Å²) in [5.74, 6) is -0.144. The summed E-state index contributed by atoms with van der Waals surface area (Å²) in [5.41, 5.74) is 1.22. The Kier molecular flexibility index (Phi) is 7.75. The van der Waals surface area contributed by atoms with Crippen molar-refractivity contribution >= 4 is 40.2 Å². The maximum atomic E-state index is 12.8. The first kappa shape index (κ1) is 24.1. The number of aromatic nitrogens is 3. The smallest absolute Gasteiger partial charge is 0.273 e. The average Bonchev–Trinajstić information content (AvgIpc) is 3.04. The molecule has 1 atom stereocenters. The standard InChI is InChI=1S/C20H26Cl2N4O4S/c1-3-26-18(14-9-23-15(21)8-12(14)2)16(22)17(25-26)19(27)24-11-20(28)6-4-13(5-7-20)10-31(29)30/h8-9,13,28H,3-7,10-11H2,1-2H3,(H,24,27)(H,29,30). The highest BCUT2D eigenvalue weighted by Crippen LogP contribution is 2.34. The van der Waals surface area contributed by atoms with E-state index in [0.717, 1.165) is 11.1 Å². The number of aryl methyl sites for hydroxylation is 2. The number of carbonyl (C=O) groups is 1. The minimum atomic E-state index is -1.83. The quantitative estimate of drug-likeness (QED) is 0.405. The van der Waals surface area contributed by atoms with Crippen molar-refractivity contribution in [2.24, 2.45) is 5.92 Å². The van der Waals surface area contributed by atoms with Gasteiger partial charge < -0.3 is 15.0 Å². The highest BCUT2D eigenvalue weighted by atomic mass is 35.5. The van der Waals surface area contributed by atoms with Crippen molar-refractivity contribution in [3.05, 3.63) is 33.7 Å². The molecule has 0 radical (unpaired) electrons. The van der Waals surface area contributed by atoms with E-state index >= 15 is 0 Å². The minimum absolute atomic E-state index is 0.0624. The molecule has 2 aromatic heterocycles. The van der Waals surface area contributed by atoms with Crippen LogP contribution in [-0.4, -0.2) is 52.4 Å². The molecule has 0 aromatic carbocycles. The molecule has 2 aromatic rings. The third-order valence-corrected chi connectivity index (χ3v) is 7.06. The molecule has 170 valence electrons. The van der Waals surface area contributed by atoms with E-state index in [0.29, 0.717) is 43.1 Å². The van der Waals surface area contributed by atoms with Gasteiger partial charge in [0.25, 0.3) is 5.91 Å². The molecule has 1 saturated carbocycles. The van der Waals surface area contributed by atoms with E-state index < -0.39 is 22.6 Å². The molecule has 8 nitrogen and oxygen atoms in total. The van der Waals surface area contributed by atoms with E-state index in [1.165, 1.54) is 0 Å². The lowest BCUT2D eigenvalue weighted by molar-refractivity contribution is -0.00511. The molecule has 1 amide bonds. The first-order chi connectivity index (χ1) is 14.6. The predicted molar refractivity (Wildman–Crippen MR) is 121 cm³/mol. The molecule has 1 aliphatic rings. The lowest BCUT2D eigenvalue weighted by atomic mass is 9.79. The maximum Gasteiger partial charge on any atom is 0.273 e. The zero-order valence-electron chi connectivity index (χ0n) is 17.4. The van der Waals surface area contributed by atoms with Gasteiger partial charge in [-0.15, -0.1) is 0 Å². The van der Waals surface area contributed by atoms with Gasteiger partial charge in [0.15, 0.2) is 16.8 Å². The van der Waals surface area contributed by atoms with Gasteiger partial charge in [0.05, 0.1) is 22.1 Å². The molecule has 0 spiro atoms. The van der Waals surface area contributed by atoms with Crippen LogP contribution < -0.4 is 5.32 Å². The Balaban J connectivity index is 1.73. The van der Waals surface area contributed by atoms with Crippen LogP contribution in [0.25, 0.3) is 11.3 Å². The first-order valence-corrected chi connectivity index (χ1v) is 12.1. The Hall–Kier alpha value is -1.52. The zero-order valence-corrected chi connectivity index (χ0v) is 19.7. The van der Waals surface area contributed by atoms with E-state index in [9.17, 15) is 14.1 Å². The number of rotatable bonds is 7. The Bertz CT molecular complexity index is 990. The number of pyridine rings is 1. The van der Waals surface area contributed by atoms with E-state index in [1.54, 1.807) is 16.9 Å². The monoisotopic (exact) mass is 488 g/mol. The molecule has 3 rings (SSSR count). The average molecular weight is 489 g/mol. The first-order valence-electron chi connectivity index (χ1n) is 10.1. The third kappa shape index (κ3) is 5.64. The number of aliphatic hydroxyl groups is 1.